The number of pyridine rings is 1. The molecule has 0 bridgehead atoms. The maximum absolute atomic E-state index is 13.1. The molecule has 0 unspecified atom stereocenters. The molecule has 0 aliphatic rings. The molecule has 136 valence electrons. The highest BCUT2D eigenvalue weighted by Crippen LogP contribution is 2.34. The second-order valence-corrected chi connectivity index (χ2v) is 6.21. The summed E-state index contributed by atoms with van der Waals surface area (Å²) in [6, 6.07) is 5.50. The van der Waals surface area contributed by atoms with E-state index in [1.54, 1.807) is 25.3 Å². The normalized spacial score (nSPS) is 13.0. The molecule has 2 heterocycles. The first-order chi connectivity index (χ1) is 12.2. The van der Waals surface area contributed by atoms with Crippen LogP contribution < -0.4 is 11.1 Å². The average Bonchev–Trinajstić information content (AvgIpc) is 2.56. The SMILES string of the molecule is Cc1c([C@@H](N)Nc2nnc(C)c3cnc(Cl)cc23)cccc1C(F)(F)F. The summed E-state index contributed by atoms with van der Waals surface area (Å²) in [6.45, 7) is 3.16. The number of hydrogen-bond acceptors (Lipinski definition) is 5. The lowest BCUT2D eigenvalue weighted by molar-refractivity contribution is -0.138. The molecule has 9 heteroatoms. The molecule has 0 saturated heterocycles. The molecule has 3 aromatic rings. The van der Waals surface area contributed by atoms with E-state index in [1.165, 1.54) is 13.0 Å². The molecule has 3 rings (SSSR count). The van der Waals surface area contributed by atoms with Crippen molar-refractivity contribution in [1.29, 1.82) is 0 Å². The Hall–Kier alpha value is -2.45. The Balaban J connectivity index is 2.02. The lowest BCUT2D eigenvalue weighted by Crippen LogP contribution is -2.23. The predicted molar refractivity (Wildman–Crippen MR) is 93.8 cm³/mol. The number of anilines is 1. The van der Waals surface area contributed by atoms with Crippen molar-refractivity contribution in [3.05, 3.63) is 58.0 Å². The number of alkyl halides is 3. The van der Waals surface area contributed by atoms with E-state index in [0.717, 1.165) is 11.5 Å². The Morgan fingerprint density at radius 3 is 2.58 bits per heavy atom. The first kappa shape index (κ1) is 18.3. The van der Waals surface area contributed by atoms with Gasteiger partial charge in [0, 0.05) is 17.0 Å². The summed E-state index contributed by atoms with van der Waals surface area (Å²) in [5.41, 5.74) is 6.42. The molecular weight excluding hydrogens is 367 g/mol. The maximum atomic E-state index is 13.1. The number of hydrogen-bond donors (Lipinski definition) is 2. The van der Waals surface area contributed by atoms with Gasteiger partial charge in [-0.15, -0.1) is 5.10 Å². The number of halogens is 4. The van der Waals surface area contributed by atoms with Gasteiger partial charge < -0.3 is 11.1 Å². The molecule has 0 amide bonds. The molecule has 3 N–H and O–H groups in total. The van der Waals surface area contributed by atoms with Crippen molar-refractivity contribution in [3.63, 3.8) is 0 Å². The van der Waals surface area contributed by atoms with E-state index < -0.39 is 17.9 Å². The molecule has 0 spiro atoms. The van der Waals surface area contributed by atoms with Gasteiger partial charge in [0.15, 0.2) is 5.82 Å². The van der Waals surface area contributed by atoms with E-state index in [-0.39, 0.29) is 10.7 Å². The van der Waals surface area contributed by atoms with Crippen LogP contribution in [0.15, 0.2) is 30.5 Å². The number of aryl methyl sites for hydroxylation is 1. The van der Waals surface area contributed by atoms with Crippen LogP contribution in [0.4, 0.5) is 19.0 Å². The van der Waals surface area contributed by atoms with Gasteiger partial charge >= 0.3 is 6.18 Å². The molecule has 0 radical (unpaired) electrons. The number of aromatic nitrogens is 3. The van der Waals surface area contributed by atoms with Crippen LogP contribution in [0.5, 0.6) is 0 Å². The van der Waals surface area contributed by atoms with Crippen LogP contribution in [0.3, 0.4) is 0 Å². The zero-order valence-electron chi connectivity index (χ0n) is 13.9. The van der Waals surface area contributed by atoms with Crippen LogP contribution in [-0.2, 0) is 6.18 Å². The summed E-state index contributed by atoms with van der Waals surface area (Å²) in [4.78, 5) is 4.01. The number of benzene rings is 1. The quantitative estimate of drug-likeness (QED) is 0.520. The molecule has 1 atom stereocenters. The van der Waals surface area contributed by atoms with E-state index in [2.05, 4.69) is 20.5 Å². The number of rotatable bonds is 3. The highest BCUT2D eigenvalue weighted by atomic mass is 35.5. The second-order valence-electron chi connectivity index (χ2n) is 5.83. The predicted octanol–water partition coefficient (Wildman–Crippen LogP) is 4.38. The van der Waals surface area contributed by atoms with Crippen LogP contribution >= 0.6 is 11.6 Å². The molecule has 0 saturated carbocycles. The van der Waals surface area contributed by atoms with Gasteiger partial charge in [0.2, 0.25) is 0 Å². The van der Waals surface area contributed by atoms with Crippen molar-refractivity contribution in [2.24, 2.45) is 5.73 Å². The van der Waals surface area contributed by atoms with Crippen molar-refractivity contribution >= 4 is 28.2 Å². The minimum Gasteiger partial charge on any atom is -0.349 e. The van der Waals surface area contributed by atoms with Crippen molar-refractivity contribution in [1.82, 2.24) is 15.2 Å². The average molecular weight is 382 g/mol. The molecule has 5 nitrogen and oxygen atoms in total. The Bertz CT molecular complexity index is 975. The first-order valence-corrected chi connectivity index (χ1v) is 8.03. The lowest BCUT2D eigenvalue weighted by atomic mass is 10.00. The lowest BCUT2D eigenvalue weighted by Gasteiger charge is -2.20. The largest absolute Gasteiger partial charge is 0.416 e. The van der Waals surface area contributed by atoms with E-state index in [9.17, 15) is 13.2 Å². The maximum Gasteiger partial charge on any atom is 0.416 e. The standard InChI is InChI=1S/C17H15ClF3N5/c1-8-10(4-3-5-13(8)17(19,20)21)15(22)24-16-11-6-14(18)23-7-12(11)9(2)25-26-16/h3-7,15H,22H2,1-2H3,(H,24,26)/t15-/m0/s1. The van der Waals surface area contributed by atoms with Gasteiger partial charge in [-0.25, -0.2) is 4.98 Å². The molecular formula is C17H15ClF3N5. The number of nitrogens with two attached hydrogens (primary N) is 1. The van der Waals surface area contributed by atoms with Crippen molar-refractivity contribution < 1.29 is 13.2 Å². The van der Waals surface area contributed by atoms with Gasteiger partial charge in [-0.1, -0.05) is 23.7 Å². The third-order valence-electron chi connectivity index (χ3n) is 4.12. The molecule has 0 fully saturated rings. The monoisotopic (exact) mass is 381 g/mol. The molecule has 0 aliphatic heterocycles. The van der Waals surface area contributed by atoms with Crippen LogP contribution in [-0.4, -0.2) is 15.2 Å². The van der Waals surface area contributed by atoms with Crippen LogP contribution in [0.25, 0.3) is 10.8 Å². The Morgan fingerprint density at radius 2 is 1.88 bits per heavy atom. The Labute approximate surface area is 152 Å². The zero-order valence-corrected chi connectivity index (χ0v) is 14.7. The minimum atomic E-state index is -4.45. The minimum absolute atomic E-state index is 0.0593. The van der Waals surface area contributed by atoms with E-state index in [4.69, 9.17) is 17.3 Å². The summed E-state index contributed by atoms with van der Waals surface area (Å²) >= 11 is 5.95. The fourth-order valence-electron chi connectivity index (χ4n) is 2.78. The molecule has 1 aromatic carbocycles. The summed E-state index contributed by atoms with van der Waals surface area (Å²) < 4.78 is 39.3. The third kappa shape index (κ3) is 3.42. The number of nitrogens with zero attached hydrogens (tertiary/aromatic N) is 3. The topological polar surface area (TPSA) is 76.7 Å². The van der Waals surface area contributed by atoms with E-state index in [0.29, 0.717) is 22.5 Å². The smallest absolute Gasteiger partial charge is 0.349 e. The summed E-state index contributed by atoms with van der Waals surface area (Å²) in [7, 11) is 0. The van der Waals surface area contributed by atoms with Gasteiger partial charge in [-0.2, -0.15) is 18.3 Å². The molecule has 26 heavy (non-hydrogen) atoms. The first-order valence-electron chi connectivity index (χ1n) is 7.66. The van der Waals surface area contributed by atoms with Gasteiger partial charge in [-0.05, 0) is 37.1 Å². The van der Waals surface area contributed by atoms with Gasteiger partial charge in [0.1, 0.15) is 11.3 Å². The molecule has 2 aromatic heterocycles. The Morgan fingerprint density at radius 1 is 1.15 bits per heavy atom. The highest BCUT2D eigenvalue weighted by Gasteiger charge is 2.33. The molecule has 0 aliphatic carbocycles. The fraction of sp³-hybridized carbons (Fsp3) is 0.235. The van der Waals surface area contributed by atoms with Crippen molar-refractivity contribution in [2.45, 2.75) is 26.2 Å². The van der Waals surface area contributed by atoms with Crippen molar-refractivity contribution in [2.75, 3.05) is 5.32 Å². The van der Waals surface area contributed by atoms with Crippen molar-refractivity contribution in [3.8, 4) is 0 Å². The summed E-state index contributed by atoms with van der Waals surface area (Å²) in [5, 5.41) is 12.6. The van der Waals surface area contributed by atoms with Crippen LogP contribution in [0.1, 0.15) is 28.6 Å². The number of fused-ring (bicyclic) bond motifs is 1. The van der Waals surface area contributed by atoms with Crippen LogP contribution in [0, 0.1) is 13.8 Å². The zero-order chi connectivity index (χ0) is 19.1. The summed E-state index contributed by atoms with van der Waals surface area (Å²) in [5.74, 6) is 0.319. The van der Waals surface area contributed by atoms with Gasteiger partial charge in [0.05, 0.1) is 11.3 Å². The van der Waals surface area contributed by atoms with E-state index >= 15 is 0 Å². The van der Waals surface area contributed by atoms with Crippen LogP contribution in [0.2, 0.25) is 5.15 Å². The fourth-order valence-corrected chi connectivity index (χ4v) is 2.93. The third-order valence-corrected chi connectivity index (χ3v) is 4.33. The van der Waals surface area contributed by atoms with Gasteiger partial charge in [-0.3, -0.25) is 0 Å². The van der Waals surface area contributed by atoms with Gasteiger partial charge in [0.25, 0.3) is 0 Å². The second kappa shape index (κ2) is 6.69. The number of nitrogens with one attached hydrogen (secondary N) is 1. The summed E-state index contributed by atoms with van der Waals surface area (Å²) in [6.07, 6.45) is -3.80. The highest BCUT2D eigenvalue weighted by molar-refractivity contribution is 6.30. The Kier molecular flexibility index (Phi) is 4.72. The van der Waals surface area contributed by atoms with E-state index in [1.807, 2.05) is 0 Å².